The molecule has 2 aromatic carbocycles. The number of aromatic amines is 1. The van der Waals surface area contributed by atoms with E-state index in [1.54, 1.807) is 30.3 Å². The highest BCUT2D eigenvalue weighted by Gasteiger charge is 2.10. The standard InChI is InChI=1S/C23H20N4O5/c28-20-12-11-18(16-7-2-1-3-8-16)25-27(20)15-21(29)32-14-6-13-26-22(30)17-9-4-5-10-19(17)24-23(26)31/h1-5,7-12H,6,13-15H2,(H,24,31). The molecule has 0 atom stereocenters. The van der Waals surface area contributed by atoms with E-state index in [4.69, 9.17) is 4.74 Å². The molecule has 0 radical (unpaired) electrons. The number of carbonyl (C=O) groups excluding carboxylic acids is 1. The second-order valence-corrected chi connectivity index (χ2v) is 7.09. The van der Waals surface area contributed by atoms with Crippen LogP contribution in [0.1, 0.15) is 6.42 Å². The van der Waals surface area contributed by atoms with Gasteiger partial charge in [0.1, 0.15) is 6.54 Å². The van der Waals surface area contributed by atoms with Crippen LogP contribution in [0.4, 0.5) is 0 Å². The normalized spacial score (nSPS) is 10.9. The van der Waals surface area contributed by atoms with Gasteiger partial charge in [0.05, 0.1) is 23.2 Å². The third-order valence-electron chi connectivity index (χ3n) is 4.89. The van der Waals surface area contributed by atoms with E-state index < -0.39 is 22.8 Å². The van der Waals surface area contributed by atoms with E-state index in [1.165, 1.54) is 6.07 Å². The van der Waals surface area contributed by atoms with Gasteiger partial charge in [0.15, 0.2) is 0 Å². The monoisotopic (exact) mass is 432 g/mol. The van der Waals surface area contributed by atoms with Crippen molar-refractivity contribution in [3.05, 3.63) is 97.9 Å². The van der Waals surface area contributed by atoms with Crippen LogP contribution >= 0.6 is 0 Å². The summed E-state index contributed by atoms with van der Waals surface area (Å²) in [7, 11) is 0. The molecule has 2 heterocycles. The van der Waals surface area contributed by atoms with Crippen molar-refractivity contribution in [2.45, 2.75) is 19.5 Å². The number of aromatic nitrogens is 4. The van der Waals surface area contributed by atoms with Crippen molar-refractivity contribution in [1.82, 2.24) is 19.3 Å². The van der Waals surface area contributed by atoms with Gasteiger partial charge in [-0.2, -0.15) is 5.10 Å². The zero-order chi connectivity index (χ0) is 22.5. The van der Waals surface area contributed by atoms with E-state index in [1.807, 2.05) is 30.3 Å². The van der Waals surface area contributed by atoms with Crippen molar-refractivity contribution >= 4 is 16.9 Å². The largest absolute Gasteiger partial charge is 0.464 e. The zero-order valence-electron chi connectivity index (χ0n) is 17.1. The summed E-state index contributed by atoms with van der Waals surface area (Å²) >= 11 is 0. The molecule has 0 bridgehead atoms. The van der Waals surface area contributed by atoms with E-state index in [0.717, 1.165) is 14.8 Å². The third-order valence-corrected chi connectivity index (χ3v) is 4.89. The molecule has 0 amide bonds. The fourth-order valence-electron chi connectivity index (χ4n) is 3.30. The fraction of sp³-hybridized carbons (Fsp3) is 0.174. The molecular weight excluding hydrogens is 412 g/mol. The lowest BCUT2D eigenvalue weighted by molar-refractivity contribution is -0.144. The summed E-state index contributed by atoms with van der Waals surface area (Å²) in [6, 6.07) is 19.0. The molecule has 0 fully saturated rings. The molecule has 0 spiro atoms. The highest BCUT2D eigenvalue weighted by molar-refractivity contribution is 5.76. The smallest absolute Gasteiger partial charge is 0.328 e. The number of hydrogen-bond donors (Lipinski definition) is 1. The SMILES string of the molecule is O=C(Cn1nc(-c2ccccc2)ccc1=O)OCCCn1c(=O)[nH]c2ccccc2c1=O. The Kier molecular flexibility index (Phi) is 6.07. The van der Waals surface area contributed by atoms with Crippen LogP contribution in [0.2, 0.25) is 0 Å². The Hall–Kier alpha value is -4.27. The number of carbonyl (C=O) groups is 1. The fourth-order valence-corrected chi connectivity index (χ4v) is 3.30. The molecular formula is C23H20N4O5. The number of ether oxygens (including phenoxy) is 1. The molecule has 4 rings (SSSR count). The molecule has 0 aliphatic heterocycles. The van der Waals surface area contributed by atoms with Crippen molar-refractivity contribution in [3.63, 3.8) is 0 Å². The zero-order valence-corrected chi connectivity index (χ0v) is 17.1. The Labute approximate surface area is 181 Å². The van der Waals surface area contributed by atoms with Gasteiger partial charge in [-0.1, -0.05) is 42.5 Å². The maximum Gasteiger partial charge on any atom is 0.328 e. The Bertz CT molecular complexity index is 1440. The maximum atomic E-state index is 12.5. The van der Waals surface area contributed by atoms with Gasteiger partial charge >= 0.3 is 11.7 Å². The van der Waals surface area contributed by atoms with Crippen LogP contribution < -0.4 is 16.8 Å². The van der Waals surface area contributed by atoms with Gasteiger partial charge in [-0.3, -0.25) is 19.0 Å². The number of H-pyrrole nitrogens is 1. The van der Waals surface area contributed by atoms with E-state index in [9.17, 15) is 19.2 Å². The molecule has 0 aliphatic carbocycles. The number of fused-ring (bicyclic) bond motifs is 1. The van der Waals surface area contributed by atoms with E-state index in [-0.39, 0.29) is 26.1 Å². The summed E-state index contributed by atoms with van der Waals surface area (Å²) in [6.45, 7) is -0.255. The second-order valence-electron chi connectivity index (χ2n) is 7.09. The van der Waals surface area contributed by atoms with Gasteiger partial charge in [0.2, 0.25) is 0 Å². The van der Waals surface area contributed by atoms with Crippen LogP contribution in [-0.4, -0.2) is 31.9 Å². The van der Waals surface area contributed by atoms with E-state index in [0.29, 0.717) is 16.6 Å². The third kappa shape index (κ3) is 4.56. The summed E-state index contributed by atoms with van der Waals surface area (Å²) in [6.07, 6.45) is 0.263. The molecule has 0 unspecified atom stereocenters. The Morgan fingerprint density at radius 1 is 0.938 bits per heavy atom. The first-order valence-corrected chi connectivity index (χ1v) is 10.0. The second kappa shape index (κ2) is 9.25. The van der Waals surface area contributed by atoms with Gasteiger partial charge in [-0.05, 0) is 24.6 Å². The molecule has 0 saturated carbocycles. The van der Waals surface area contributed by atoms with Crippen LogP contribution in [0.15, 0.2) is 81.1 Å². The minimum atomic E-state index is -0.635. The van der Waals surface area contributed by atoms with Crippen molar-refractivity contribution in [3.8, 4) is 11.3 Å². The lowest BCUT2D eigenvalue weighted by atomic mass is 10.1. The van der Waals surface area contributed by atoms with Crippen molar-refractivity contribution in [1.29, 1.82) is 0 Å². The number of esters is 1. The predicted octanol–water partition coefficient (Wildman–Crippen LogP) is 1.55. The van der Waals surface area contributed by atoms with Crippen LogP contribution in [0.25, 0.3) is 22.2 Å². The predicted molar refractivity (Wildman–Crippen MR) is 118 cm³/mol. The summed E-state index contributed by atoms with van der Waals surface area (Å²) < 4.78 is 7.29. The lowest BCUT2D eigenvalue weighted by Gasteiger charge is -2.09. The van der Waals surface area contributed by atoms with E-state index in [2.05, 4.69) is 10.1 Å². The van der Waals surface area contributed by atoms with Crippen LogP contribution in [0.3, 0.4) is 0 Å². The van der Waals surface area contributed by atoms with Crippen molar-refractivity contribution < 1.29 is 9.53 Å². The first-order chi connectivity index (χ1) is 15.5. The average Bonchev–Trinajstić information content (AvgIpc) is 2.80. The topological polar surface area (TPSA) is 116 Å². The van der Waals surface area contributed by atoms with E-state index >= 15 is 0 Å². The number of nitrogens with one attached hydrogen (secondary N) is 1. The minimum Gasteiger partial charge on any atom is -0.464 e. The maximum absolute atomic E-state index is 12.5. The Morgan fingerprint density at radius 3 is 2.50 bits per heavy atom. The first-order valence-electron chi connectivity index (χ1n) is 10.0. The number of rotatable bonds is 7. The number of benzene rings is 2. The molecule has 9 heteroatoms. The number of nitrogens with zero attached hydrogens (tertiary/aromatic N) is 3. The van der Waals surface area contributed by atoms with Gasteiger partial charge < -0.3 is 9.72 Å². The molecule has 2 aromatic heterocycles. The summed E-state index contributed by atoms with van der Waals surface area (Å²) in [5, 5.41) is 4.63. The Balaban J connectivity index is 1.37. The first kappa shape index (κ1) is 21.0. The quantitative estimate of drug-likeness (QED) is 0.350. The molecule has 1 N–H and O–H groups in total. The average molecular weight is 432 g/mol. The molecule has 0 saturated heterocycles. The Morgan fingerprint density at radius 2 is 1.69 bits per heavy atom. The highest BCUT2D eigenvalue weighted by Crippen LogP contribution is 2.13. The molecule has 162 valence electrons. The van der Waals surface area contributed by atoms with Gasteiger partial charge in [0, 0.05) is 18.2 Å². The van der Waals surface area contributed by atoms with Gasteiger partial charge in [-0.25, -0.2) is 9.48 Å². The van der Waals surface area contributed by atoms with Crippen LogP contribution in [-0.2, 0) is 22.6 Å². The van der Waals surface area contributed by atoms with Crippen molar-refractivity contribution in [2.75, 3.05) is 6.61 Å². The summed E-state index contributed by atoms with van der Waals surface area (Å²) in [4.78, 5) is 51.5. The van der Waals surface area contributed by atoms with Crippen LogP contribution in [0, 0.1) is 0 Å². The summed E-state index contributed by atoms with van der Waals surface area (Å²) in [5.41, 5.74) is 0.517. The molecule has 32 heavy (non-hydrogen) atoms. The highest BCUT2D eigenvalue weighted by atomic mass is 16.5. The minimum absolute atomic E-state index is 0.00926. The van der Waals surface area contributed by atoms with Gasteiger partial charge in [0.25, 0.3) is 11.1 Å². The summed E-state index contributed by atoms with van der Waals surface area (Å²) in [5.74, 6) is -0.635. The number of hydrogen-bond acceptors (Lipinski definition) is 6. The number of para-hydroxylation sites is 1. The molecule has 0 aliphatic rings. The van der Waals surface area contributed by atoms with Crippen LogP contribution in [0.5, 0.6) is 0 Å². The van der Waals surface area contributed by atoms with Crippen molar-refractivity contribution in [2.24, 2.45) is 0 Å². The lowest BCUT2D eigenvalue weighted by Crippen LogP contribution is -2.35. The van der Waals surface area contributed by atoms with Gasteiger partial charge in [-0.15, -0.1) is 0 Å². The molecule has 4 aromatic rings. The molecule has 9 nitrogen and oxygen atoms in total.